The molecular weight excluding hydrogens is 362 g/mol. The Balaban J connectivity index is 1.72. The Hall–Kier alpha value is -3.00. The average molecular weight is 381 g/mol. The first-order valence-corrected chi connectivity index (χ1v) is 9.39. The van der Waals surface area contributed by atoms with Gasteiger partial charge in [0.1, 0.15) is 22.2 Å². The van der Waals surface area contributed by atoms with Gasteiger partial charge < -0.3 is 14.2 Å². The monoisotopic (exact) mass is 381 g/mol. The van der Waals surface area contributed by atoms with Gasteiger partial charge in [-0.2, -0.15) is 0 Å². The number of rotatable bonds is 5. The lowest BCUT2D eigenvalue weighted by atomic mass is 10.1. The van der Waals surface area contributed by atoms with Crippen molar-refractivity contribution < 1.29 is 9.25 Å². The number of thiazole rings is 1. The molecule has 27 heavy (non-hydrogen) atoms. The van der Waals surface area contributed by atoms with Gasteiger partial charge in [0.2, 0.25) is 11.8 Å². The molecule has 0 amide bonds. The van der Waals surface area contributed by atoms with Crippen molar-refractivity contribution in [2.24, 2.45) is 5.16 Å². The first-order valence-electron chi connectivity index (χ1n) is 8.57. The number of nitrogens with zero attached hydrogens (tertiary/aromatic N) is 5. The first-order chi connectivity index (χ1) is 13.2. The molecule has 4 rings (SSSR count). The van der Waals surface area contributed by atoms with Crippen LogP contribution >= 0.6 is 11.3 Å². The molecule has 0 saturated carbocycles. The van der Waals surface area contributed by atoms with Crippen LogP contribution in [0.15, 0.2) is 46.8 Å². The normalized spacial score (nSPS) is 15.0. The van der Waals surface area contributed by atoms with Crippen LogP contribution in [0.4, 0.5) is 5.88 Å². The molecule has 0 bridgehead atoms. The Morgan fingerprint density at radius 1 is 1.44 bits per heavy atom. The van der Waals surface area contributed by atoms with Gasteiger partial charge in [-0.15, -0.1) is 11.3 Å². The molecule has 0 saturated heterocycles. The van der Waals surface area contributed by atoms with Crippen LogP contribution in [0.5, 0.6) is 0 Å². The van der Waals surface area contributed by atoms with E-state index < -0.39 is 0 Å². The third kappa shape index (κ3) is 3.35. The van der Waals surface area contributed by atoms with Crippen LogP contribution in [0.25, 0.3) is 21.3 Å². The summed E-state index contributed by atoms with van der Waals surface area (Å²) in [6.07, 6.45) is 5.96. The second-order valence-electron chi connectivity index (χ2n) is 6.14. The highest BCUT2D eigenvalue weighted by Gasteiger charge is 2.28. The molecular formula is C19H19N5O2S. The molecule has 0 aliphatic carbocycles. The number of pyridine rings is 1. The number of hydrogen-bond donors (Lipinski definition) is 0. The molecule has 1 aliphatic rings. The fraction of sp³-hybridized carbons (Fsp3) is 0.263. The SMILES string of the molecule is C=CCO/N=C1\CCN(C)c2oc(-c3sc(-c4cccnc4)nc3C)nc21. The smallest absolute Gasteiger partial charge is 0.241 e. The Labute approximate surface area is 161 Å². The Morgan fingerprint density at radius 3 is 3.11 bits per heavy atom. The van der Waals surface area contributed by atoms with Gasteiger partial charge in [0.15, 0.2) is 5.69 Å². The third-order valence-corrected chi connectivity index (χ3v) is 5.37. The lowest BCUT2D eigenvalue weighted by Crippen LogP contribution is -2.28. The van der Waals surface area contributed by atoms with E-state index in [2.05, 4.69) is 21.7 Å². The summed E-state index contributed by atoms with van der Waals surface area (Å²) >= 11 is 1.54. The highest BCUT2D eigenvalue weighted by molar-refractivity contribution is 7.18. The van der Waals surface area contributed by atoms with E-state index in [9.17, 15) is 0 Å². The van der Waals surface area contributed by atoms with Crippen LogP contribution < -0.4 is 4.90 Å². The standard InChI is InChI=1S/C19H19N5O2S/c1-4-10-25-23-14-7-9-24(3)19-15(14)22-17(26-19)16-12(2)21-18(27-16)13-6-5-8-20-11-13/h4-6,8,11H,1,7,9-10H2,2-3H3/b23-14+. The zero-order valence-electron chi connectivity index (χ0n) is 15.2. The zero-order valence-corrected chi connectivity index (χ0v) is 16.0. The molecule has 0 N–H and O–H groups in total. The molecule has 0 aromatic carbocycles. The molecule has 0 unspecified atom stereocenters. The minimum Gasteiger partial charge on any atom is -0.419 e. The quantitative estimate of drug-likeness (QED) is 0.379. The van der Waals surface area contributed by atoms with Crippen LogP contribution in [0.1, 0.15) is 17.8 Å². The van der Waals surface area contributed by atoms with Gasteiger partial charge in [0.05, 0.1) is 5.69 Å². The topological polar surface area (TPSA) is 76.6 Å². The predicted octanol–water partition coefficient (Wildman–Crippen LogP) is 3.92. The maximum absolute atomic E-state index is 6.08. The van der Waals surface area contributed by atoms with E-state index in [0.29, 0.717) is 18.4 Å². The third-order valence-electron chi connectivity index (χ3n) is 4.18. The maximum Gasteiger partial charge on any atom is 0.241 e. The van der Waals surface area contributed by atoms with E-state index >= 15 is 0 Å². The minimum absolute atomic E-state index is 0.363. The molecule has 0 fully saturated rings. The molecule has 3 aromatic heterocycles. The molecule has 0 atom stereocenters. The van der Waals surface area contributed by atoms with Crippen molar-refractivity contribution in [2.75, 3.05) is 25.1 Å². The number of hydrogen-bond acceptors (Lipinski definition) is 8. The van der Waals surface area contributed by atoms with Crippen molar-refractivity contribution in [2.45, 2.75) is 13.3 Å². The van der Waals surface area contributed by atoms with Gasteiger partial charge in [-0.1, -0.05) is 17.8 Å². The lowest BCUT2D eigenvalue weighted by molar-refractivity contribution is 0.174. The van der Waals surface area contributed by atoms with E-state index in [4.69, 9.17) is 14.2 Å². The molecule has 0 radical (unpaired) electrons. The van der Waals surface area contributed by atoms with Gasteiger partial charge >= 0.3 is 0 Å². The van der Waals surface area contributed by atoms with Crippen molar-refractivity contribution in [3.05, 3.63) is 48.6 Å². The summed E-state index contributed by atoms with van der Waals surface area (Å²) in [5, 5.41) is 5.10. The molecule has 4 heterocycles. The van der Waals surface area contributed by atoms with Crippen molar-refractivity contribution in [3.63, 3.8) is 0 Å². The Bertz CT molecular complexity index is 993. The van der Waals surface area contributed by atoms with Crippen molar-refractivity contribution in [3.8, 4) is 21.3 Å². The fourth-order valence-electron chi connectivity index (χ4n) is 2.81. The summed E-state index contributed by atoms with van der Waals surface area (Å²) in [5.41, 5.74) is 3.36. The molecule has 8 heteroatoms. The predicted molar refractivity (Wildman–Crippen MR) is 106 cm³/mol. The summed E-state index contributed by atoms with van der Waals surface area (Å²) in [5.74, 6) is 1.25. The number of aryl methyl sites for hydroxylation is 1. The van der Waals surface area contributed by atoms with Gasteiger partial charge in [-0.25, -0.2) is 9.97 Å². The van der Waals surface area contributed by atoms with Crippen LogP contribution in [-0.2, 0) is 4.84 Å². The van der Waals surface area contributed by atoms with Gasteiger partial charge in [-0.05, 0) is 19.1 Å². The highest BCUT2D eigenvalue weighted by Crippen LogP contribution is 2.38. The molecule has 3 aromatic rings. The number of anilines is 1. The van der Waals surface area contributed by atoms with Crippen molar-refractivity contribution in [1.29, 1.82) is 0 Å². The first kappa shape index (κ1) is 17.4. The minimum atomic E-state index is 0.363. The van der Waals surface area contributed by atoms with Crippen molar-refractivity contribution in [1.82, 2.24) is 15.0 Å². The largest absolute Gasteiger partial charge is 0.419 e. The van der Waals surface area contributed by atoms with Crippen LogP contribution in [-0.4, -0.2) is 40.9 Å². The molecule has 1 aliphatic heterocycles. The van der Waals surface area contributed by atoms with E-state index in [1.54, 1.807) is 29.8 Å². The van der Waals surface area contributed by atoms with Gasteiger partial charge in [0.25, 0.3) is 0 Å². The van der Waals surface area contributed by atoms with E-state index in [1.807, 2.05) is 31.0 Å². The Kier molecular flexibility index (Phi) is 4.72. The molecule has 0 spiro atoms. The number of fused-ring (bicyclic) bond motifs is 1. The van der Waals surface area contributed by atoms with Crippen LogP contribution in [0.2, 0.25) is 0 Å². The summed E-state index contributed by atoms with van der Waals surface area (Å²) < 4.78 is 6.08. The van der Waals surface area contributed by atoms with Gasteiger partial charge in [0, 0.05) is 38.0 Å². The average Bonchev–Trinajstić information content (AvgIpc) is 3.29. The maximum atomic E-state index is 6.08. The van der Waals surface area contributed by atoms with Crippen LogP contribution in [0, 0.1) is 6.92 Å². The van der Waals surface area contributed by atoms with E-state index in [1.165, 1.54) is 0 Å². The molecule has 138 valence electrons. The van der Waals surface area contributed by atoms with Crippen molar-refractivity contribution >= 4 is 22.9 Å². The Morgan fingerprint density at radius 2 is 2.33 bits per heavy atom. The summed E-state index contributed by atoms with van der Waals surface area (Å²) in [7, 11) is 1.98. The zero-order chi connectivity index (χ0) is 18.8. The highest BCUT2D eigenvalue weighted by atomic mass is 32.1. The fourth-order valence-corrected chi connectivity index (χ4v) is 3.80. The van der Waals surface area contributed by atoms with Gasteiger partial charge in [-0.3, -0.25) is 4.98 Å². The van der Waals surface area contributed by atoms with E-state index in [-0.39, 0.29) is 0 Å². The number of oxazole rings is 1. The summed E-state index contributed by atoms with van der Waals surface area (Å²) in [6, 6.07) is 3.89. The van der Waals surface area contributed by atoms with E-state index in [0.717, 1.165) is 45.5 Å². The second-order valence-corrected chi connectivity index (χ2v) is 7.14. The number of oxime groups is 1. The second kappa shape index (κ2) is 7.32. The summed E-state index contributed by atoms with van der Waals surface area (Å²) in [6.45, 7) is 6.75. The summed E-state index contributed by atoms with van der Waals surface area (Å²) in [4.78, 5) is 21.7. The molecule has 7 nitrogen and oxygen atoms in total. The number of aromatic nitrogens is 3. The lowest BCUT2D eigenvalue weighted by Gasteiger charge is -2.21. The van der Waals surface area contributed by atoms with Crippen LogP contribution in [0.3, 0.4) is 0 Å².